The lowest BCUT2D eigenvalue weighted by Gasteiger charge is -2.31. The fourth-order valence-corrected chi connectivity index (χ4v) is 3.37. The lowest BCUT2D eigenvalue weighted by molar-refractivity contribution is -0.121. The summed E-state index contributed by atoms with van der Waals surface area (Å²) in [5.74, 6) is 0.326. The van der Waals surface area contributed by atoms with Crippen molar-refractivity contribution in [2.45, 2.75) is 32.6 Å². The van der Waals surface area contributed by atoms with E-state index in [1.165, 1.54) is 0 Å². The molecule has 3 rings (SSSR count). The Balaban J connectivity index is 1.58. The Labute approximate surface area is 154 Å². The monoisotopic (exact) mass is 351 g/mol. The number of nitrogens with one attached hydrogen (secondary N) is 1. The molecule has 1 aromatic carbocycles. The van der Waals surface area contributed by atoms with Gasteiger partial charge >= 0.3 is 0 Å². The molecule has 5 nitrogen and oxygen atoms in total. The van der Waals surface area contributed by atoms with Gasteiger partial charge in [0, 0.05) is 37.1 Å². The summed E-state index contributed by atoms with van der Waals surface area (Å²) in [5.41, 5.74) is 2.63. The van der Waals surface area contributed by atoms with Gasteiger partial charge in [-0.25, -0.2) is 0 Å². The standard InChI is InChI=1S/C21H25N3O2/c1-15(2)18-7-3-4-8-19(18)23-20(25)16-9-12-24(13-10-16)21(26)17-6-5-11-22-14-17/h3-8,11,14-16H,9-10,12-13H2,1-2H3,(H,23,25). The predicted molar refractivity (Wildman–Crippen MR) is 102 cm³/mol. The second-order valence-corrected chi connectivity index (χ2v) is 7.04. The third-order valence-corrected chi connectivity index (χ3v) is 4.90. The molecule has 0 spiro atoms. The van der Waals surface area contributed by atoms with E-state index in [1.54, 1.807) is 24.5 Å². The zero-order valence-electron chi connectivity index (χ0n) is 15.3. The van der Waals surface area contributed by atoms with Gasteiger partial charge in [0.2, 0.25) is 5.91 Å². The maximum Gasteiger partial charge on any atom is 0.255 e. The number of aromatic nitrogens is 1. The molecular weight excluding hydrogens is 326 g/mol. The average molecular weight is 351 g/mol. The number of hydrogen-bond acceptors (Lipinski definition) is 3. The topological polar surface area (TPSA) is 62.3 Å². The normalized spacial score (nSPS) is 15.1. The minimum atomic E-state index is -0.0619. The third-order valence-electron chi connectivity index (χ3n) is 4.90. The van der Waals surface area contributed by atoms with E-state index in [9.17, 15) is 9.59 Å². The molecule has 0 saturated carbocycles. The van der Waals surface area contributed by atoms with Crippen molar-refractivity contribution < 1.29 is 9.59 Å². The highest BCUT2D eigenvalue weighted by Crippen LogP contribution is 2.26. The molecular formula is C21H25N3O2. The fourth-order valence-electron chi connectivity index (χ4n) is 3.37. The summed E-state index contributed by atoms with van der Waals surface area (Å²) in [5, 5.41) is 3.08. The SMILES string of the molecule is CC(C)c1ccccc1NC(=O)C1CCN(C(=O)c2cccnc2)CC1. The predicted octanol–water partition coefficient (Wildman–Crippen LogP) is 3.70. The molecule has 1 aromatic heterocycles. The largest absolute Gasteiger partial charge is 0.339 e. The minimum absolute atomic E-state index is 0.0119. The van der Waals surface area contributed by atoms with Crippen LogP contribution in [0.5, 0.6) is 0 Å². The van der Waals surface area contributed by atoms with Crippen molar-refractivity contribution in [3.63, 3.8) is 0 Å². The van der Waals surface area contributed by atoms with E-state index < -0.39 is 0 Å². The Hall–Kier alpha value is -2.69. The van der Waals surface area contributed by atoms with Gasteiger partial charge in [0.15, 0.2) is 0 Å². The number of piperidine rings is 1. The molecule has 1 aliphatic rings. The molecule has 1 aliphatic heterocycles. The van der Waals surface area contributed by atoms with Crippen LogP contribution in [0.1, 0.15) is 48.5 Å². The highest BCUT2D eigenvalue weighted by molar-refractivity contribution is 5.95. The first-order chi connectivity index (χ1) is 12.6. The number of likely N-dealkylation sites (tertiary alicyclic amines) is 1. The van der Waals surface area contributed by atoms with Crippen molar-refractivity contribution in [2.24, 2.45) is 5.92 Å². The van der Waals surface area contributed by atoms with E-state index in [1.807, 2.05) is 23.1 Å². The molecule has 0 atom stereocenters. The number of carbonyl (C=O) groups is 2. The van der Waals surface area contributed by atoms with Gasteiger partial charge in [-0.15, -0.1) is 0 Å². The molecule has 5 heteroatoms. The summed E-state index contributed by atoms with van der Waals surface area (Å²) in [6.45, 7) is 5.43. The van der Waals surface area contributed by atoms with Gasteiger partial charge < -0.3 is 10.2 Å². The Kier molecular flexibility index (Phi) is 5.66. The summed E-state index contributed by atoms with van der Waals surface area (Å²) in [6, 6.07) is 11.5. The Bertz CT molecular complexity index is 766. The quantitative estimate of drug-likeness (QED) is 0.914. The molecule has 0 aliphatic carbocycles. The molecule has 1 fully saturated rings. The number of benzene rings is 1. The number of rotatable bonds is 4. The summed E-state index contributed by atoms with van der Waals surface area (Å²) >= 11 is 0. The number of hydrogen-bond donors (Lipinski definition) is 1. The molecule has 0 bridgehead atoms. The molecule has 0 unspecified atom stereocenters. The van der Waals surface area contributed by atoms with Crippen LogP contribution in [-0.2, 0) is 4.79 Å². The Morgan fingerprint density at radius 3 is 2.50 bits per heavy atom. The highest BCUT2D eigenvalue weighted by atomic mass is 16.2. The van der Waals surface area contributed by atoms with Crippen LogP contribution >= 0.6 is 0 Å². The Morgan fingerprint density at radius 1 is 1.12 bits per heavy atom. The van der Waals surface area contributed by atoms with Crippen molar-refractivity contribution >= 4 is 17.5 Å². The van der Waals surface area contributed by atoms with Crippen LogP contribution in [0.25, 0.3) is 0 Å². The maximum absolute atomic E-state index is 12.7. The van der Waals surface area contributed by atoms with Crippen LogP contribution in [0, 0.1) is 5.92 Å². The molecule has 0 radical (unpaired) electrons. The second-order valence-electron chi connectivity index (χ2n) is 7.04. The van der Waals surface area contributed by atoms with Crippen molar-refractivity contribution in [1.82, 2.24) is 9.88 Å². The molecule has 2 heterocycles. The van der Waals surface area contributed by atoms with Crippen LogP contribution in [0.15, 0.2) is 48.8 Å². The van der Waals surface area contributed by atoms with E-state index in [2.05, 4.69) is 30.2 Å². The van der Waals surface area contributed by atoms with E-state index in [0.717, 1.165) is 11.3 Å². The second kappa shape index (κ2) is 8.13. The first-order valence-corrected chi connectivity index (χ1v) is 9.15. The van der Waals surface area contributed by atoms with Gasteiger partial charge in [-0.05, 0) is 42.5 Å². The molecule has 26 heavy (non-hydrogen) atoms. The van der Waals surface area contributed by atoms with Crippen molar-refractivity contribution in [3.8, 4) is 0 Å². The average Bonchev–Trinajstić information content (AvgIpc) is 2.68. The lowest BCUT2D eigenvalue weighted by Crippen LogP contribution is -2.41. The first-order valence-electron chi connectivity index (χ1n) is 9.15. The van der Waals surface area contributed by atoms with Gasteiger partial charge in [0.05, 0.1) is 5.56 Å². The van der Waals surface area contributed by atoms with Crippen LogP contribution in [0.3, 0.4) is 0 Å². The van der Waals surface area contributed by atoms with E-state index in [0.29, 0.717) is 37.4 Å². The number of carbonyl (C=O) groups excluding carboxylic acids is 2. The summed E-state index contributed by atoms with van der Waals surface area (Å²) in [7, 11) is 0. The smallest absolute Gasteiger partial charge is 0.255 e. The number of nitrogens with zero attached hydrogens (tertiary/aromatic N) is 2. The zero-order valence-corrected chi connectivity index (χ0v) is 15.3. The van der Waals surface area contributed by atoms with Crippen molar-refractivity contribution in [1.29, 1.82) is 0 Å². The highest BCUT2D eigenvalue weighted by Gasteiger charge is 2.28. The first kappa shape index (κ1) is 18.1. The molecule has 136 valence electrons. The Morgan fingerprint density at radius 2 is 1.85 bits per heavy atom. The van der Waals surface area contributed by atoms with Gasteiger partial charge in [-0.2, -0.15) is 0 Å². The number of para-hydroxylation sites is 1. The summed E-state index contributed by atoms with van der Waals surface area (Å²) < 4.78 is 0. The molecule has 1 N–H and O–H groups in total. The van der Waals surface area contributed by atoms with Crippen LogP contribution in [0.2, 0.25) is 0 Å². The summed E-state index contributed by atoms with van der Waals surface area (Å²) in [6.07, 6.45) is 4.61. The molecule has 1 saturated heterocycles. The van der Waals surface area contributed by atoms with Gasteiger partial charge in [0.1, 0.15) is 0 Å². The van der Waals surface area contributed by atoms with Gasteiger partial charge in [0.25, 0.3) is 5.91 Å². The number of amides is 2. The molecule has 2 aromatic rings. The third kappa shape index (κ3) is 4.10. The maximum atomic E-state index is 12.7. The lowest BCUT2D eigenvalue weighted by atomic mass is 9.94. The summed E-state index contributed by atoms with van der Waals surface area (Å²) in [4.78, 5) is 30.9. The van der Waals surface area contributed by atoms with Crippen LogP contribution < -0.4 is 5.32 Å². The molecule has 2 amide bonds. The van der Waals surface area contributed by atoms with E-state index >= 15 is 0 Å². The van der Waals surface area contributed by atoms with Gasteiger partial charge in [-0.3, -0.25) is 14.6 Å². The van der Waals surface area contributed by atoms with E-state index in [4.69, 9.17) is 0 Å². The van der Waals surface area contributed by atoms with Crippen molar-refractivity contribution in [2.75, 3.05) is 18.4 Å². The fraction of sp³-hybridized carbons (Fsp3) is 0.381. The van der Waals surface area contributed by atoms with E-state index in [-0.39, 0.29) is 17.7 Å². The van der Waals surface area contributed by atoms with Crippen LogP contribution in [0.4, 0.5) is 5.69 Å². The van der Waals surface area contributed by atoms with Gasteiger partial charge in [-0.1, -0.05) is 32.0 Å². The van der Waals surface area contributed by atoms with Crippen LogP contribution in [-0.4, -0.2) is 34.8 Å². The number of pyridine rings is 1. The zero-order chi connectivity index (χ0) is 18.5. The van der Waals surface area contributed by atoms with Crippen molar-refractivity contribution in [3.05, 3.63) is 59.9 Å². The minimum Gasteiger partial charge on any atom is -0.339 e. The number of anilines is 1.